The second-order valence-corrected chi connectivity index (χ2v) is 11.0. The molecule has 0 unspecified atom stereocenters. The second-order valence-electron chi connectivity index (χ2n) is 8.85. The van der Waals surface area contributed by atoms with E-state index in [1.165, 1.54) is 12.1 Å². The lowest BCUT2D eigenvalue weighted by Gasteiger charge is -2.34. The molecule has 1 fully saturated rings. The van der Waals surface area contributed by atoms with Crippen LogP contribution >= 0.6 is 0 Å². The van der Waals surface area contributed by atoms with Crippen LogP contribution in [-0.4, -0.2) is 44.5 Å². The molecule has 0 radical (unpaired) electrons. The largest absolute Gasteiger partial charge is 0.493 e. The summed E-state index contributed by atoms with van der Waals surface area (Å²) in [7, 11) is -3.27. The van der Waals surface area contributed by atoms with Crippen molar-refractivity contribution in [3.05, 3.63) is 35.5 Å². The number of hydrogen-bond acceptors (Lipinski definition) is 7. The summed E-state index contributed by atoms with van der Waals surface area (Å²) in [4.78, 5) is 6.66. The van der Waals surface area contributed by atoms with Crippen LogP contribution in [-0.2, 0) is 15.6 Å². The van der Waals surface area contributed by atoms with E-state index in [2.05, 4.69) is 22.0 Å². The molecular formula is C22H32FN3O4S. The van der Waals surface area contributed by atoms with E-state index in [9.17, 15) is 12.8 Å². The summed E-state index contributed by atoms with van der Waals surface area (Å²) >= 11 is 0. The van der Waals surface area contributed by atoms with E-state index in [1.807, 2.05) is 13.8 Å². The van der Waals surface area contributed by atoms with Crippen molar-refractivity contribution in [1.82, 2.24) is 10.1 Å². The maximum absolute atomic E-state index is 14.1. The molecule has 31 heavy (non-hydrogen) atoms. The number of ether oxygens (including phenoxy) is 1. The molecule has 1 aromatic heterocycles. The maximum atomic E-state index is 14.1. The Hall–Kier alpha value is -2.16. The van der Waals surface area contributed by atoms with Gasteiger partial charge in [-0.1, -0.05) is 26.8 Å². The quantitative estimate of drug-likeness (QED) is 0.562. The van der Waals surface area contributed by atoms with Crippen LogP contribution in [0.5, 0.6) is 5.75 Å². The van der Waals surface area contributed by atoms with E-state index in [-0.39, 0.29) is 17.2 Å². The highest BCUT2D eigenvalue weighted by Crippen LogP contribution is 2.29. The molecule has 172 valence electrons. The van der Waals surface area contributed by atoms with Crippen LogP contribution in [0.1, 0.15) is 57.4 Å². The first-order chi connectivity index (χ1) is 14.6. The molecule has 1 atom stereocenters. The Kier molecular flexibility index (Phi) is 7.56. The molecule has 0 amide bonds. The topological polar surface area (TPSA) is 85.5 Å². The lowest BCUT2D eigenvalue weighted by atomic mass is 9.84. The molecular weight excluding hydrogens is 421 g/mol. The molecule has 1 aliphatic heterocycles. The first-order valence-corrected chi connectivity index (χ1v) is 12.9. The molecule has 1 aromatic carbocycles. The highest BCUT2D eigenvalue weighted by molar-refractivity contribution is 7.89. The Morgan fingerprint density at radius 1 is 1.26 bits per heavy atom. The van der Waals surface area contributed by atoms with E-state index in [1.54, 1.807) is 6.07 Å². The van der Waals surface area contributed by atoms with E-state index < -0.39 is 15.7 Å². The third kappa shape index (κ3) is 6.66. The number of anilines is 1. The van der Waals surface area contributed by atoms with Gasteiger partial charge in [-0.05, 0) is 42.3 Å². The minimum absolute atomic E-state index is 0.164. The summed E-state index contributed by atoms with van der Waals surface area (Å²) in [5, 5.41) is 4.10. The van der Waals surface area contributed by atoms with Gasteiger partial charge in [-0.25, -0.2) is 12.8 Å². The van der Waals surface area contributed by atoms with Gasteiger partial charge in [0.15, 0.2) is 9.84 Å². The van der Waals surface area contributed by atoms with Crippen molar-refractivity contribution in [2.45, 2.75) is 51.7 Å². The lowest BCUT2D eigenvalue weighted by molar-refractivity contribution is 0.222. The Morgan fingerprint density at radius 2 is 1.97 bits per heavy atom. The zero-order valence-corrected chi connectivity index (χ0v) is 19.5. The van der Waals surface area contributed by atoms with Crippen LogP contribution in [0.25, 0.3) is 0 Å². The van der Waals surface area contributed by atoms with Crippen molar-refractivity contribution in [1.29, 1.82) is 0 Å². The van der Waals surface area contributed by atoms with E-state index in [0.717, 1.165) is 38.6 Å². The van der Waals surface area contributed by atoms with Gasteiger partial charge in [0.1, 0.15) is 11.6 Å². The third-order valence-electron chi connectivity index (χ3n) is 5.84. The SMILES string of the molecule is CC(C)c1nc(N2CCC([C@H](C)CCOc3ccc(CS(C)(=O)=O)c(F)c3)CC2)no1. The summed E-state index contributed by atoms with van der Waals surface area (Å²) in [5.41, 5.74) is 0.164. The van der Waals surface area contributed by atoms with Crippen LogP contribution < -0.4 is 9.64 Å². The molecule has 0 bridgehead atoms. The molecule has 0 N–H and O–H groups in total. The fourth-order valence-corrected chi connectivity index (χ4v) is 4.67. The van der Waals surface area contributed by atoms with Crippen molar-refractivity contribution in [2.75, 3.05) is 30.9 Å². The number of halogens is 1. The molecule has 1 aliphatic rings. The zero-order valence-electron chi connectivity index (χ0n) is 18.7. The maximum Gasteiger partial charge on any atom is 0.266 e. The van der Waals surface area contributed by atoms with Gasteiger partial charge in [-0.3, -0.25) is 0 Å². The van der Waals surface area contributed by atoms with Crippen LogP contribution in [0, 0.1) is 17.7 Å². The smallest absolute Gasteiger partial charge is 0.266 e. The number of hydrogen-bond donors (Lipinski definition) is 0. The normalized spacial score (nSPS) is 16.6. The fourth-order valence-electron chi connectivity index (χ4n) is 3.87. The highest BCUT2D eigenvalue weighted by atomic mass is 32.2. The van der Waals surface area contributed by atoms with Crippen molar-refractivity contribution in [3.8, 4) is 5.75 Å². The number of nitrogens with zero attached hydrogens (tertiary/aromatic N) is 3. The Bertz CT molecular complexity index is 969. The Morgan fingerprint density at radius 3 is 2.55 bits per heavy atom. The van der Waals surface area contributed by atoms with Crippen molar-refractivity contribution < 1.29 is 22.1 Å². The van der Waals surface area contributed by atoms with E-state index >= 15 is 0 Å². The van der Waals surface area contributed by atoms with Crippen LogP contribution in [0.2, 0.25) is 0 Å². The molecule has 2 heterocycles. The number of sulfone groups is 1. The number of piperidine rings is 1. The van der Waals surface area contributed by atoms with Crippen molar-refractivity contribution in [3.63, 3.8) is 0 Å². The molecule has 0 spiro atoms. The van der Waals surface area contributed by atoms with Gasteiger partial charge < -0.3 is 14.2 Å². The minimum atomic E-state index is -3.27. The van der Waals surface area contributed by atoms with Crippen molar-refractivity contribution >= 4 is 15.8 Å². The standard InChI is InChI=1S/C22H32FN3O4S/c1-15(2)21-24-22(25-30-21)26-10-7-17(8-11-26)16(3)9-12-29-19-6-5-18(20(23)13-19)14-31(4,27)28/h5-6,13,15-17H,7-12,14H2,1-4H3/t16-/m1/s1. The van der Waals surface area contributed by atoms with Crippen molar-refractivity contribution in [2.24, 2.45) is 11.8 Å². The Labute approximate surface area is 183 Å². The van der Waals surface area contributed by atoms with Gasteiger partial charge in [-0.15, -0.1) is 0 Å². The monoisotopic (exact) mass is 453 g/mol. The molecule has 2 aromatic rings. The van der Waals surface area contributed by atoms with Gasteiger partial charge in [0.2, 0.25) is 5.89 Å². The number of aromatic nitrogens is 2. The number of rotatable bonds is 9. The highest BCUT2D eigenvalue weighted by Gasteiger charge is 2.26. The van der Waals surface area contributed by atoms with E-state index in [4.69, 9.17) is 9.26 Å². The lowest BCUT2D eigenvalue weighted by Crippen LogP contribution is -2.36. The van der Waals surface area contributed by atoms with E-state index in [0.29, 0.717) is 36.0 Å². The average molecular weight is 454 g/mol. The number of benzene rings is 1. The van der Waals surface area contributed by atoms with Gasteiger partial charge in [0.05, 0.1) is 12.4 Å². The molecule has 0 saturated carbocycles. The molecule has 3 rings (SSSR count). The average Bonchev–Trinajstić information content (AvgIpc) is 3.20. The van der Waals surface area contributed by atoms with Crippen LogP contribution in [0.4, 0.5) is 10.3 Å². The summed E-state index contributed by atoms with van der Waals surface area (Å²) in [6, 6.07) is 4.37. The molecule has 1 saturated heterocycles. The second kappa shape index (κ2) is 9.97. The van der Waals surface area contributed by atoms with Crippen LogP contribution in [0.15, 0.2) is 22.7 Å². The molecule has 7 nitrogen and oxygen atoms in total. The van der Waals surface area contributed by atoms with Crippen LogP contribution in [0.3, 0.4) is 0 Å². The predicted octanol–water partition coefficient (Wildman–Crippen LogP) is 4.20. The van der Waals surface area contributed by atoms with Gasteiger partial charge in [0.25, 0.3) is 5.95 Å². The minimum Gasteiger partial charge on any atom is -0.493 e. The third-order valence-corrected chi connectivity index (χ3v) is 6.67. The van der Waals surface area contributed by atoms with Gasteiger partial charge in [0, 0.05) is 36.9 Å². The first-order valence-electron chi connectivity index (χ1n) is 10.8. The predicted molar refractivity (Wildman–Crippen MR) is 118 cm³/mol. The summed E-state index contributed by atoms with van der Waals surface area (Å²) in [5.74, 6) is 2.21. The fraction of sp³-hybridized carbons (Fsp3) is 0.636. The summed E-state index contributed by atoms with van der Waals surface area (Å²) in [6.45, 7) is 8.59. The zero-order chi connectivity index (χ0) is 22.6. The molecule has 9 heteroatoms. The first kappa shape index (κ1) is 23.5. The summed E-state index contributed by atoms with van der Waals surface area (Å²) < 4.78 is 47.8. The summed E-state index contributed by atoms with van der Waals surface area (Å²) in [6.07, 6.45) is 4.08. The van der Waals surface area contributed by atoms with Gasteiger partial charge >= 0.3 is 0 Å². The Balaban J connectivity index is 1.43. The molecule has 0 aliphatic carbocycles. The van der Waals surface area contributed by atoms with Gasteiger partial charge in [-0.2, -0.15) is 4.98 Å².